The molecule has 1 aromatic rings. The molecule has 0 aliphatic carbocycles. The molecule has 0 bridgehead atoms. The first-order chi connectivity index (χ1) is 8.31. The summed E-state index contributed by atoms with van der Waals surface area (Å²) in [6.07, 6.45) is 5.11. The molecule has 96 valence electrons. The molecule has 5 nitrogen and oxygen atoms in total. The van der Waals surface area contributed by atoms with Crippen LogP contribution in [0.25, 0.3) is 0 Å². The van der Waals surface area contributed by atoms with Crippen LogP contribution in [0.2, 0.25) is 0 Å². The van der Waals surface area contributed by atoms with Crippen molar-refractivity contribution >= 4 is 0 Å². The third-order valence-corrected chi connectivity index (χ3v) is 3.20. The van der Waals surface area contributed by atoms with Gasteiger partial charge in [-0.2, -0.15) is 0 Å². The third kappa shape index (κ3) is 3.26. The van der Waals surface area contributed by atoms with Gasteiger partial charge in [0.25, 0.3) is 0 Å². The zero-order valence-corrected chi connectivity index (χ0v) is 10.7. The van der Waals surface area contributed by atoms with Crippen LogP contribution in [-0.2, 0) is 11.3 Å². The molecule has 1 fully saturated rings. The fourth-order valence-electron chi connectivity index (χ4n) is 2.30. The molecule has 2 heterocycles. The molecule has 2 rings (SSSR count). The second-order valence-electron chi connectivity index (χ2n) is 4.66. The van der Waals surface area contributed by atoms with Crippen LogP contribution < -0.4 is 5.32 Å². The monoisotopic (exact) mass is 238 g/mol. The van der Waals surface area contributed by atoms with Crippen LogP contribution in [0.3, 0.4) is 0 Å². The van der Waals surface area contributed by atoms with Gasteiger partial charge in [0, 0.05) is 25.8 Å². The van der Waals surface area contributed by atoms with Crippen LogP contribution in [-0.4, -0.2) is 34.0 Å². The number of ether oxygens (including phenoxy) is 1. The van der Waals surface area contributed by atoms with E-state index in [-0.39, 0.29) is 6.04 Å². The van der Waals surface area contributed by atoms with Crippen molar-refractivity contribution < 1.29 is 4.74 Å². The van der Waals surface area contributed by atoms with E-state index in [0.29, 0.717) is 6.04 Å². The molecular formula is C12H22N4O. The fourth-order valence-corrected chi connectivity index (χ4v) is 2.30. The van der Waals surface area contributed by atoms with Crippen molar-refractivity contribution in [1.82, 2.24) is 20.1 Å². The summed E-state index contributed by atoms with van der Waals surface area (Å²) in [5, 5.41) is 11.8. The largest absolute Gasteiger partial charge is 0.381 e. The Balaban J connectivity index is 1.93. The highest BCUT2D eigenvalue weighted by molar-refractivity contribution is 4.94. The minimum Gasteiger partial charge on any atom is -0.381 e. The molecule has 0 saturated carbocycles. The average Bonchev–Trinajstić information content (AvgIpc) is 2.79. The summed E-state index contributed by atoms with van der Waals surface area (Å²) in [6.45, 7) is 7.05. The van der Waals surface area contributed by atoms with Crippen molar-refractivity contribution in [3.63, 3.8) is 0 Å². The minimum atomic E-state index is 0.257. The number of aromatic nitrogens is 3. The van der Waals surface area contributed by atoms with Gasteiger partial charge < -0.3 is 14.6 Å². The van der Waals surface area contributed by atoms with Crippen LogP contribution in [0.4, 0.5) is 0 Å². The third-order valence-electron chi connectivity index (χ3n) is 3.20. The highest BCUT2D eigenvalue weighted by Gasteiger charge is 2.19. The summed E-state index contributed by atoms with van der Waals surface area (Å²) >= 11 is 0. The van der Waals surface area contributed by atoms with Gasteiger partial charge in [-0.3, -0.25) is 0 Å². The quantitative estimate of drug-likeness (QED) is 0.845. The van der Waals surface area contributed by atoms with Gasteiger partial charge in [0.15, 0.2) is 0 Å². The van der Waals surface area contributed by atoms with Crippen LogP contribution in [0, 0.1) is 0 Å². The van der Waals surface area contributed by atoms with Gasteiger partial charge in [0.2, 0.25) is 0 Å². The molecule has 1 saturated heterocycles. The molecule has 0 aromatic carbocycles. The lowest BCUT2D eigenvalue weighted by Gasteiger charge is -2.26. The van der Waals surface area contributed by atoms with E-state index in [9.17, 15) is 0 Å². The van der Waals surface area contributed by atoms with E-state index in [1.165, 1.54) is 0 Å². The zero-order chi connectivity index (χ0) is 12.1. The van der Waals surface area contributed by atoms with Crippen molar-refractivity contribution in [2.75, 3.05) is 13.2 Å². The number of hydrogen-bond donors (Lipinski definition) is 1. The van der Waals surface area contributed by atoms with E-state index < -0.39 is 0 Å². The maximum absolute atomic E-state index is 5.36. The topological polar surface area (TPSA) is 52.0 Å². The number of rotatable bonds is 5. The number of nitrogens with one attached hydrogen (secondary N) is 1. The standard InChI is InChI=1S/C12H22N4O/c1-3-6-16-9-13-15-12(16)10(2)14-11-4-7-17-8-5-11/h9-11,14H,3-8H2,1-2H3/t10-/m0/s1. The molecule has 5 heteroatoms. The Hall–Kier alpha value is -0.940. The van der Waals surface area contributed by atoms with Gasteiger partial charge in [0.05, 0.1) is 6.04 Å². The van der Waals surface area contributed by atoms with E-state index in [2.05, 4.69) is 33.9 Å². The van der Waals surface area contributed by atoms with Crippen molar-refractivity contribution in [2.24, 2.45) is 0 Å². The lowest BCUT2D eigenvalue weighted by molar-refractivity contribution is 0.0750. The van der Waals surface area contributed by atoms with Crippen molar-refractivity contribution in [1.29, 1.82) is 0 Å². The summed E-state index contributed by atoms with van der Waals surface area (Å²) in [6, 6.07) is 0.803. The SMILES string of the molecule is CCCn1cnnc1[C@H](C)NC1CCOCC1. The van der Waals surface area contributed by atoms with E-state index >= 15 is 0 Å². The predicted octanol–water partition coefficient (Wildman–Crippen LogP) is 1.52. The van der Waals surface area contributed by atoms with Crippen LogP contribution in [0.1, 0.15) is 45.0 Å². The fraction of sp³-hybridized carbons (Fsp3) is 0.833. The van der Waals surface area contributed by atoms with Gasteiger partial charge in [-0.25, -0.2) is 0 Å². The highest BCUT2D eigenvalue weighted by atomic mass is 16.5. The Morgan fingerprint density at radius 1 is 1.53 bits per heavy atom. The van der Waals surface area contributed by atoms with E-state index in [4.69, 9.17) is 4.74 Å². The van der Waals surface area contributed by atoms with Crippen molar-refractivity contribution in [3.8, 4) is 0 Å². The van der Waals surface area contributed by atoms with Gasteiger partial charge in [-0.15, -0.1) is 10.2 Å². The lowest BCUT2D eigenvalue weighted by Crippen LogP contribution is -2.37. The Kier molecular flexibility index (Phi) is 4.50. The minimum absolute atomic E-state index is 0.257. The second-order valence-corrected chi connectivity index (χ2v) is 4.66. The molecule has 0 amide bonds. The molecule has 17 heavy (non-hydrogen) atoms. The summed E-state index contributed by atoms with van der Waals surface area (Å²) < 4.78 is 7.50. The molecule has 0 spiro atoms. The molecule has 1 aromatic heterocycles. The predicted molar refractivity (Wildman–Crippen MR) is 65.7 cm³/mol. The van der Waals surface area contributed by atoms with Gasteiger partial charge in [-0.1, -0.05) is 6.92 Å². The normalized spacial score (nSPS) is 19.4. The molecule has 1 N–H and O–H groups in total. The first-order valence-electron chi connectivity index (χ1n) is 6.52. The smallest absolute Gasteiger partial charge is 0.149 e. The lowest BCUT2D eigenvalue weighted by atomic mass is 10.1. The van der Waals surface area contributed by atoms with Crippen molar-refractivity contribution in [2.45, 2.75) is 51.7 Å². The maximum Gasteiger partial charge on any atom is 0.149 e. The summed E-state index contributed by atoms with van der Waals surface area (Å²) in [5.74, 6) is 1.04. The highest BCUT2D eigenvalue weighted by Crippen LogP contribution is 2.14. The zero-order valence-electron chi connectivity index (χ0n) is 10.7. The molecule has 1 aliphatic rings. The first kappa shape index (κ1) is 12.5. The van der Waals surface area contributed by atoms with E-state index in [1.54, 1.807) is 0 Å². The van der Waals surface area contributed by atoms with E-state index in [0.717, 1.165) is 44.8 Å². The Labute approximate surface area is 103 Å². The van der Waals surface area contributed by atoms with E-state index in [1.807, 2.05) is 6.33 Å². The number of hydrogen-bond acceptors (Lipinski definition) is 4. The first-order valence-corrected chi connectivity index (χ1v) is 6.52. The molecule has 0 unspecified atom stereocenters. The summed E-state index contributed by atoms with van der Waals surface area (Å²) in [7, 11) is 0. The molecular weight excluding hydrogens is 216 g/mol. The Bertz CT molecular complexity index is 333. The number of aryl methyl sites for hydroxylation is 1. The van der Waals surface area contributed by atoms with Crippen LogP contribution in [0.15, 0.2) is 6.33 Å². The second kappa shape index (κ2) is 6.12. The summed E-state index contributed by atoms with van der Waals surface area (Å²) in [5.41, 5.74) is 0. The van der Waals surface area contributed by atoms with Gasteiger partial charge >= 0.3 is 0 Å². The molecule has 0 radical (unpaired) electrons. The average molecular weight is 238 g/mol. The Morgan fingerprint density at radius 3 is 3.00 bits per heavy atom. The van der Waals surface area contributed by atoms with Crippen molar-refractivity contribution in [3.05, 3.63) is 12.2 Å². The van der Waals surface area contributed by atoms with Crippen LogP contribution >= 0.6 is 0 Å². The van der Waals surface area contributed by atoms with Gasteiger partial charge in [-0.05, 0) is 26.2 Å². The van der Waals surface area contributed by atoms with Gasteiger partial charge in [0.1, 0.15) is 12.2 Å². The number of nitrogens with zero attached hydrogens (tertiary/aromatic N) is 3. The maximum atomic E-state index is 5.36. The van der Waals surface area contributed by atoms with Crippen LogP contribution in [0.5, 0.6) is 0 Å². The molecule has 1 aliphatic heterocycles. The molecule has 1 atom stereocenters. The Morgan fingerprint density at radius 2 is 2.29 bits per heavy atom. The summed E-state index contributed by atoms with van der Waals surface area (Å²) in [4.78, 5) is 0.